The van der Waals surface area contributed by atoms with Crippen molar-refractivity contribution in [3.63, 3.8) is 0 Å². The van der Waals surface area contributed by atoms with Crippen molar-refractivity contribution in [1.82, 2.24) is 0 Å². The molecule has 1 aromatic rings. The Kier molecular flexibility index (Phi) is 4.17. The fourth-order valence-corrected chi connectivity index (χ4v) is 1.62. The summed E-state index contributed by atoms with van der Waals surface area (Å²) in [6, 6.07) is 4.50. The van der Waals surface area contributed by atoms with Crippen LogP contribution in [0.25, 0.3) is 0 Å². The van der Waals surface area contributed by atoms with Crippen LogP contribution >= 0.6 is 12.4 Å². The zero-order valence-corrected chi connectivity index (χ0v) is 9.10. The lowest BCUT2D eigenvalue weighted by Gasteiger charge is -2.29. The summed E-state index contributed by atoms with van der Waals surface area (Å²) in [4.78, 5) is 2.11. The highest BCUT2D eigenvalue weighted by molar-refractivity contribution is 5.85. The minimum Gasteiger partial charge on any atom is -0.397 e. The molecular weight excluding hydrogens is 219 g/mol. The molecule has 0 atom stereocenters. The molecule has 1 fully saturated rings. The van der Waals surface area contributed by atoms with Crippen molar-refractivity contribution >= 4 is 23.8 Å². The molecule has 0 bridgehead atoms. The van der Waals surface area contributed by atoms with Gasteiger partial charge in [0.2, 0.25) is 0 Å². The van der Waals surface area contributed by atoms with Crippen LogP contribution in [0.4, 0.5) is 15.8 Å². The molecule has 2 N–H and O–H groups in total. The van der Waals surface area contributed by atoms with Gasteiger partial charge in [-0.15, -0.1) is 12.4 Å². The Labute approximate surface area is 94.4 Å². The highest BCUT2D eigenvalue weighted by Crippen LogP contribution is 2.24. The minimum atomic E-state index is -0.292. The summed E-state index contributed by atoms with van der Waals surface area (Å²) < 4.78 is 18.0. The van der Waals surface area contributed by atoms with Crippen molar-refractivity contribution in [3.05, 3.63) is 24.0 Å². The summed E-state index contributed by atoms with van der Waals surface area (Å²) in [5.41, 5.74) is 7.12. The van der Waals surface area contributed by atoms with E-state index in [2.05, 4.69) is 4.90 Å². The summed E-state index contributed by atoms with van der Waals surface area (Å²) in [5, 5.41) is 0. The van der Waals surface area contributed by atoms with E-state index in [0.717, 1.165) is 18.8 Å². The molecule has 1 saturated heterocycles. The van der Waals surface area contributed by atoms with Gasteiger partial charge in [0.25, 0.3) is 0 Å². The number of nitrogens with zero attached hydrogens (tertiary/aromatic N) is 1. The minimum absolute atomic E-state index is 0. The normalized spacial score (nSPS) is 15.9. The average Bonchev–Trinajstić information content (AvgIpc) is 2.19. The summed E-state index contributed by atoms with van der Waals surface area (Å²) in [7, 11) is 0. The number of nitrogen functional groups attached to an aromatic ring is 1. The quantitative estimate of drug-likeness (QED) is 0.749. The van der Waals surface area contributed by atoms with Crippen LogP contribution in [0.5, 0.6) is 0 Å². The number of halogens is 2. The average molecular weight is 233 g/mol. The van der Waals surface area contributed by atoms with Crippen LogP contribution < -0.4 is 10.6 Å². The zero-order chi connectivity index (χ0) is 9.97. The van der Waals surface area contributed by atoms with Gasteiger partial charge in [0.05, 0.1) is 24.6 Å². The molecule has 0 aromatic heterocycles. The number of rotatable bonds is 1. The Morgan fingerprint density at radius 3 is 2.53 bits per heavy atom. The first-order valence-electron chi connectivity index (χ1n) is 4.65. The fraction of sp³-hybridized carbons (Fsp3) is 0.400. The molecule has 2 rings (SSSR count). The van der Waals surface area contributed by atoms with Crippen molar-refractivity contribution in [2.75, 3.05) is 36.9 Å². The van der Waals surface area contributed by atoms with E-state index in [1.807, 2.05) is 0 Å². The molecule has 0 aliphatic carbocycles. The maximum absolute atomic E-state index is 12.8. The molecule has 0 unspecified atom stereocenters. The maximum Gasteiger partial charge on any atom is 0.125 e. The number of hydrogen-bond acceptors (Lipinski definition) is 3. The zero-order valence-electron chi connectivity index (χ0n) is 8.28. The Bertz CT molecular complexity index is 329. The number of anilines is 2. The highest BCUT2D eigenvalue weighted by Gasteiger charge is 2.13. The van der Waals surface area contributed by atoms with E-state index in [9.17, 15) is 4.39 Å². The van der Waals surface area contributed by atoms with E-state index in [1.165, 1.54) is 12.1 Å². The van der Waals surface area contributed by atoms with Crippen LogP contribution in [-0.2, 0) is 4.74 Å². The Morgan fingerprint density at radius 1 is 1.27 bits per heavy atom. The third kappa shape index (κ3) is 2.73. The van der Waals surface area contributed by atoms with E-state index < -0.39 is 0 Å². The molecule has 15 heavy (non-hydrogen) atoms. The maximum atomic E-state index is 12.8. The first-order valence-corrected chi connectivity index (χ1v) is 4.65. The van der Waals surface area contributed by atoms with E-state index >= 15 is 0 Å². The van der Waals surface area contributed by atoms with Gasteiger partial charge in [-0.05, 0) is 18.2 Å². The molecule has 0 spiro atoms. The van der Waals surface area contributed by atoms with Crippen LogP contribution in [0.3, 0.4) is 0 Å². The van der Waals surface area contributed by atoms with Crippen LogP contribution in [0.15, 0.2) is 18.2 Å². The predicted molar refractivity (Wildman–Crippen MR) is 61.1 cm³/mol. The topological polar surface area (TPSA) is 38.5 Å². The van der Waals surface area contributed by atoms with Crippen LogP contribution in [0.2, 0.25) is 0 Å². The van der Waals surface area contributed by atoms with Gasteiger partial charge in [0.15, 0.2) is 0 Å². The number of hydrogen-bond donors (Lipinski definition) is 1. The van der Waals surface area contributed by atoms with Gasteiger partial charge in [-0.25, -0.2) is 4.39 Å². The van der Waals surface area contributed by atoms with Crippen LogP contribution in [-0.4, -0.2) is 26.3 Å². The summed E-state index contributed by atoms with van der Waals surface area (Å²) in [6.07, 6.45) is 0. The third-order valence-corrected chi connectivity index (χ3v) is 2.34. The molecule has 5 heteroatoms. The van der Waals surface area contributed by atoms with E-state index in [-0.39, 0.29) is 18.2 Å². The molecule has 1 aliphatic heterocycles. The smallest absolute Gasteiger partial charge is 0.125 e. The lowest BCUT2D eigenvalue weighted by Crippen LogP contribution is -2.36. The standard InChI is InChI=1S/C10H13FN2O.ClH/c11-8-1-2-10(9(12)7-8)13-3-5-14-6-4-13;/h1-2,7H,3-6,12H2;1H. The highest BCUT2D eigenvalue weighted by atomic mass is 35.5. The lowest BCUT2D eigenvalue weighted by atomic mass is 10.2. The van der Waals surface area contributed by atoms with E-state index in [0.29, 0.717) is 18.9 Å². The third-order valence-electron chi connectivity index (χ3n) is 2.34. The fourth-order valence-electron chi connectivity index (χ4n) is 1.62. The first kappa shape index (κ1) is 12.1. The van der Waals surface area contributed by atoms with Gasteiger partial charge < -0.3 is 15.4 Å². The molecule has 84 valence electrons. The molecule has 1 aliphatic rings. The predicted octanol–water partition coefficient (Wildman–Crippen LogP) is 1.67. The number of ether oxygens (including phenoxy) is 1. The number of benzene rings is 1. The van der Waals surface area contributed by atoms with E-state index in [1.54, 1.807) is 6.07 Å². The Balaban J connectivity index is 0.00000112. The molecule has 0 saturated carbocycles. The van der Waals surface area contributed by atoms with Crippen molar-refractivity contribution in [2.45, 2.75) is 0 Å². The second-order valence-corrected chi connectivity index (χ2v) is 3.30. The van der Waals surface area contributed by atoms with Gasteiger partial charge in [-0.3, -0.25) is 0 Å². The number of morpholine rings is 1. The second-order valence-electron chi connectivity index (χ2n) is 3.30. The van der Waals surface area contributed by atoms with Gasteiger partial charge in [-0.2, -0.15) is 0 Å². The molecule has 3 nitrogen and oxygen atoms in total. The molecule has 1 heterocycles. The van der Waals surface area contributed by atoms with Gasteiger partial charge in [0, 0.05) is 13.1 Å². The van der Waals surface area contributed by atoms with Crippen LogP contribution in [0, 0.1) is 5.82 Å². The van der Waals surface area contributed by atoms with Gasteiger partial charge >= 0.3 is 0 Å². The van der Waals surface area contributed by atoms with Gasteiger partial charge in [-0.1, -0.05) is 0 Å². The largest absolute Gasteiger partial charge is 0.397 e. The van der Waals surface area contributed by atoms with Crippen molar-refractivity contribution in [1.29, 1.82) is 0 Å². The number of nitrogens with two attached hydrogens (primary N) is 1. The Morgan fingerprint density at radius 2 is 1.93 bits per heavy atom. The van der Waals surface area contributed by atoms with Gasteiger partial charge in [0.1, 0.15) is 5.82 Å². The Hall–Kier alpha value is -1.00. The van der Waals surface area contributed by atoms with Crippen molar-refractivity contribution in [2.24, 2.45) is 0 Å². The van der Waals surface area contributed by atoms with Crippen molar-refractivity contribution in [3.8, 4) is 0 Å². The van der Waals surface area contributed by atoms with Crippen LogP contribution in [0.1, 0.15) is 0 Å². The second kappa shape index (κ2) is 5.19. The molecule has 0 amide bonds. The molecule has 0 radical (unpaired) electrons. The first-order chi connectivity index (χ1) is 6.77. The van der Waals surface area contributed by atoms with Crippen molar-refractivity contribution < 1.29 is 9.13 Å². The SMILES string of the molecule is Cl.Nc1cc(F)ccc1N1CCOCC1. The molecular formula is C10H14ClFN2O. The summed E-state index contributed by atoms with van der Waals surface area (Å²) >= 11 is 0. The monoisotopic (exact) mass is 232 g/mol. The summed E-state index contributed by atoms with van der Waals surface area (Å²) in [6.45, 7) is 3.04. The summed E-state index contributed by atoms with van der Waals surface area (Å²) in [5.74, 6) is -0.292. The molecule has 1 aromatic carbocycles. The lowest BCUT2D eigenvalue weighted by molar-refractivity contribution is 0.123. The van der Waals surface area contributed by atoms with E-state index in [4.69, 9.17) is 10.5 Å².